The van der Waals surface area contributed by atoms with Crippen molar-refractivity contribution in [2.24, 2.45) is 0 Å². The van der Waals surface area contributed by atoms with Crippen molar-refractivity contribution in [1.29, 1.82) is 0 Å². The minimum Gasteiger partial charge on any atom is -0.312 e. The number of nitrogens with one attached hydrogen (secondary N) is 1. The molecule has 1 heterocycles. The van der Waals surface area contributed by atoms with Crippen LogP contribution in [0.4, 0.5) is 0 Å². The van der Waals surface area contributed by atoms with Crippen molar-refractivity contribution in [2.45, 2.75) is 19.4 Å². The van der Waals surface area contributed by atoms with Crippen LogP contribution in [-0.4, -0.2) is 7.05 Å². The third-order valence-electron chi connectivity index (χ3n) is 2.85. The highest BCUT2D eigenvalue weighted by Crippen LogP contribution is 2.29. The van der Waals surface area contributed by atoms with Crippen molar-refractivity contribution in [1.82, 2.24) is 5.32 Å². The highest BCUT2D eigenvalue weighted by molar-refractivity contribution is 9.11. The van der Waals surface area contributed by atoms with Crippen molar-refractivity contribution in [3.63, 3.8) is 0 Å². The standard InChI is InChI=1S/C14H16BrNS/c1-10-3-5-11(6-4-10)9-12(16-2)13-7-8-14(15)17-13/h3-8,12,16H,9H2,1-2H3. The molecular formula is C14H16BrNS. The summed E-state index contributed by atoms with van der Waals surface area (Å²) in [6, 6.07) is 13.5. The molecule has 0 amide bonds. The van der Waals surface area contributed by atoms with E-state index < -0.39 is 0 Å². The van der Waals surface area contributed by atoms with Crippen LogP contribution in [-0.2, 0) is 6.42 Å². The summed E-state index contributed by atoms with van der Waals surface area (Å²) in [6.07, 6.45) is 1.03. The SMILES string of the molecule is CNC(Cc1ccc(C)cc1)c1ccc(Br)s1. The summed E-state index contributed by atoms with van der Waals surface area (Å²) in [4.78, 5) is 1.37. The topological polar surface area (TPSA) is 12.0 Å². The molecular weight excluding hydrogens is 294 g/mol. The van der Waals surface area contributed by atoms with E-state index in [1.807, 2.05) is 7.05 Å². The summed E-state index contributed by atoms with van der Waals surface area (Å²) in [5.41, 5.74) is 2.69. The third kappa shape index (κ3) is 3.41. The average molecular weight is 310 g/mol. The predicted octanol–water partition coefficient (Wildman–Crippen LogP) is 4.32. The van der Waals surface area contributed by atoms with E-state index >= 15 is 0 Å². The largest absolute Gasteiger partial charge is 0.312 e. The molecule has 0 saturated carbocycles. The van der Waals surface area contributed by atoms with E-state index in [0.29, 0.717) is 6.04 Å². The molecule has 1 N–H and O–H groups in total. The number of halogens is 1. The molecule has 3 heteroatoms. The quantitative estimate of drug-likeness (QED) is 0.886. The lowest BCUT2D eigenvalue weighted by Crippen LogP contribution is -2.17. The van der Waals surface area contributed by atoms with E-state index in [1.54, 1.807) is 11.3 Å². The number of likely N-dealkylation sites (N-methyl/N-ethyl adjacent to an activating group) is 1. The maximum Gasteiger partial charge on any atom is 0.0701 e. The van der Waals surface area contributed by atoms with Crippen molar-refractivity contribution in [2.75, 3.05) is 7.05 Å². The average Bonchev–Trinajstić information content (AvgIpc) is 2.75. The minimum atomic E-state index is 0.397. The van der Waals surface area contributed by atoms with E-state index in [0.717, 1.165) is 6.42 Å². The molecule has 0 aliphatic heterocycles. The van der Waals surface area contributed by atoms with Gasteiger partial charge in [0.2, 0.25) is 0 Å². The lowest BCUT2D eigenvalue weighted by molar-refractivity contribution is 0.602. The zero-order valence-electron chi connectivity index (χ0n) is 10.0. The molecule has 0 fully saturated rings. The molecule has 90 valence electrons. The van der Waals surface area contributed by atoms with Gasteiger partial charge in [0, 0.05) is 10.9 Å². The summed E-state index contributed by atoms with van der Waals surface area (Å²) in [6.45, 7) is 2.12. The molecule has 1 aromatic heterocycles. The Bertz CT molecular complexity index is 475. The number of rotatable bonds is 4. The highest BCUT2D eigenvalue weighted by Gasteiger charge is 2.12. The lowest BCUT2D eigenvalue weighted by atomic mass is 10.0. The molecule has 0 radical (unpaired) electrons. The molecule has 1 nitrogen and oxygen atoms in total. The molecule has 17 heavy (non-hydrogen) atoms. The number of thiophene rings is 1. The monoisotopic (exact) mass is 309 g/mol. The zero-order valence-corrected chi connectivity index (χ0v) is 12.4. The minimum absolute atomic E-state index is 0.397. The van der Waals surface area contributed by atoms with Crippen molar-refractivity contribution in [3.05, 3.63) is 56.2 Å². The van der Waals surface area contributed by atoms with Crippen molar-refractivity contribution >= 4 is 27.3 Å². The maximum atomic E-state index is 3.52. The second-order valence-corrected chi connectivity index (χ2v) is 6.67. The Hall–Kier alpha value is -0.640. The van der Waals surface area contributed by atoms with Crippen LogP contribution in [0.3, 0.4) is 0 Å². The number of aryl methyl sites for hydroxylation is 1. The smallest absolute Gasteiger partial charge is 0.0701 e. The van der Waals surface area contributed by atoms with Gasteiger partial charge >= 0.3 is 0 Å². The summed E-state index contributed by atoms with van der Waals surface area (Å²) in [5, 5.41) is 3.38. The third-order valence-corrected chi connectivity index (χ3v) is 4.58. The van der Waals surface area contributed by atoms with E-state index in [2.05, 4.69) is 64.6 Å². The maximum absolute atomic E-state index is 3.52. The lowest BCUT2D eigenvalue weighted by Gasteiger charge is -2.14. The van der Waals surface area contributed by atoms with E-state index in [9.17, 15) is 0 Å². The molecule has 1 unspecified atom stereocenters. The van der Waals surface area contributed by atoms with Crippen LogP contribution in [0.25, 0.3) is 0 Å². The van der Waals surface area contributed by atoms with E-state index in [-0.39, 0.29) is 0 Å². The number of hydrogen-bond acceptors (Lipinski definition) is 2. The first kappa shape index (κ1) is 12.8. The van der Waals surface area contributed by atoms with Gasteiger partial charge in [-0.25, -0.2) is 0 Å². The summed E-state index contributed by atoms with van der Waals surface area (Å²) in [5.74, 6) is 0. The van der Waals surface area contributed by atoms with Crippen LogP contribution in [0.2, 0.25) is 0 Å². The Kier molecular flexibility index (Phi) is 4.37. The van der Waals surface area contributed by atoms with Gasteiger partial charge < -0.3 is 5.32 Å². The molecule has 0 spiro atoms. The molecule has 0 bridgehead atoms. The van der Waals surface area contributed by atoms with E-state index in [1.165, 1.54) is 19.8 Å². The molecule has 0 aliphatic carbocycles. The first-order valence-corrected chi connectivity index (χ1v) is 7.28. The summed E-state index contributed by atoms with van der Waals surface area (Å²) < 4.78 is 1.19. The van der Waals surface area contributed by atoms with Crippen LogP contribution in [0, 0.1) is 6.92 Å². The molecule has 2 aromatic rings. The Labute approximate surface area is 115 Å². The zero-order chi connectivity index (χ0) is 12.3. The summed E-state index contributed by atoms with van der Waals surface area (Å²) in [7, 11) is 2.02. The fourth-order valence-corrected chi connectivity index (χ4v) is 3.35. The van der Waals surface area contributed by atoms with Crippen molar-refractivity contribution in [3.8, 4) is 0 Å². The van der Waals surface area contributed by atoms with Crippen LogP contribution in [0.5, 0.6) is 0 Å². The highest BCUT2D eigenvalue weighted by atomic mass is 79.9. The number of hydrogen-bond donors (Lipinski definition) is 1. The van der Waals surface area contributed by atoms with Gasteiger partial charge in [0.1, 0.15) is 0 Å². The van der Waals surface area contributed by atoms with Gasteiger partial charge in [-0.1, -0.05) is 29.8 Å². The Balaban J connectivity index is 2.12. The molecule has 0 saturated heterocycles. The van der Waals surface area contributed by atoms with E-state index in [4.69, 9.17) is 0 Å². The van der Waals surface area contributed by atoms with Crippen molar-refractivity contribution < 1.29 is 0 Å². The fraction of sp³-hybridized carbons (Fsp3) is 0.286. The molecule has 2 rings (SSSR count). The molecule has 0 aliphatic rings. The van der Waals surface area contributed by atoms with Gasteiger partial charge in [-0.05, 0) is 54.0 Å². The van der Waals surface area contributed by atoms with Crippen LogP contribution >= 0.6 is 27.3 Å². The first-order chi connectivity index (χ1) is 8.19. The van der Waals surface area contributed by atoms with Gasteiger partial charge in [0.05, 0.1) is 3.79 Å². The van der Waals surface area contributed by atoms with Crippen LogP contribution < -0.4 is 5.32 Å². The summed E-state index contributed by atoms with van der Waals surface area (Å²) >= 11 is 5.31. The Morgan fingerprint density at radius 3 is 2.41 bits per heavy atom. The second kappa shape index (κ2) is 5.80. The molecule has 1 aromatic carbocycles. The normalized spacial score (nSPS) is 12.6. The second-order valence-electron chi connectivity index (χ2n) is 4.17. The van der Waals surface area contributed by atoms with Crippen LogP contribution in [0.1, 0.15) is 22.0 Å². The van der Waals surface area contributed by atoms with Gasteiger partial charge in [0.15, 0.2) is 0 Å². The van der Waals surface area contributed by atoms with Crippen LogP contribution in [0.15, 0.2) is 40.2 Å². The van der Waals surface area contributed by atoms with Gasteiger partial charge in [-0.15, -0.1) is 11.3 Å². The molecule has 1 atom stereocenters. The number of benzene rings is 1. The van der Waals surface area contributed by atoms with Gasteiger partial charge in [0.25, 0.3) is 0 Å². The van der Waals surface area contributed by atoms with Gasteiger partial charge in [-0.2, -0.15) is 0 Å². The fourth-order valence-electron chi connectivity index (χ4n) is 1.82. The Morgan fingerprint density at radius 1 is 1.18 bits per heavy atom. The first-order valence-electron chi connectivity index (χ1n) is 5.67. The predicted molar refractivity (Wildman–Crippen MR) is 78.7 cm³/mol. The Morgan fingerprint density at radius 2 is 1.88 bits per heavy atom. The van der Waals surface area contributed by atoms with Gasteiger partial charge in [-0.3, -0.25) is 0 Å².